The predicted octanol–water partition coefficient (Wildman–Crippen LogP) is 1.84. The molecule has 0 saturated carbocycles. The van der Waals surface area contributed by atoms with Crippen LogP contribution in [0.25, 0.3) is 0 Å². The third kappa shape index (κ3) is 4.44. The van der Waals surface area contributed by atoms with Gasteiger partial charge in [0.1, 0.15) is 0 Å². The van der Waals surface area contributed by atoms with E-state index in [4.69, 9.17) is 5.26 Å². The fourth-order valence-electron chi connectivity index (χ4n) is 1.24. The number of nitrogens with zero attached hydrogens (tertiary/aromatic N) is 1. The highest BCUT2D eigenvalue weighted by atomic mass is 16.3. The second-order valence-corrected chi connectivity index (χ2v) is 4.35. The zero-order valence-electron chi connectivity index (χ0n) is 10.5. The van der Waals surface area contributed by atoms with E-state index in [-0.39, 0.29) is 6.54 Å². The van der Waals surface area contributed by atoms with Crippen LogP contribution < -0.4 is 10.6 Å². The smallest absolute Gasteiger partial charge is 0.319 e. The van der Waals surface area contributed by atoms with Crippen LogP contribution in [0.5, 0.6) is 0 Å². The molecule has 0 spiro atoms. The van der Waals surface area contributed by atoms with Crippen molar-refractivity contribution >= 4 is 11.7 Å². The molecule has 18 heavy (non-hydrogen) atoms. The minimum Gasteiger partial charge on any atom is -0.388 e. The van der Waals surface area contributed by atoms with Crippen LogP contribution in [0.4, 0.5) is 10.5 Å². The first kappa shape index (κ1) is 14.0. The molecule has 96 valence electrons. The number of carbonyl (C=O) groups excluding carboxylic acids is 1. The van der Waals surface area contributed by atoms with Crippen molar-refractivity contribution in [3.05, 3.63) is 29.8 Å². The first-order chi connectivity index (χ1) is 8.46. The van der Waals surface area contributed by atoms with Crippen molar-refractivity contribution in [3.63, 3.8) is 0 Å². The number of amides is 2. The van der Waals surface area contributed by atoms with Gasteiger partial charge in [0.05, 0.1) is 17.2 Å². The fraction of sp³-hybridized carbons (Fsp3) is 0.385. The van der Waals surface area contributed by atoms with E-state index in [2.05, 4.69) is 10.6 Å². The van der Waals surface area contributed by atoms with Crippen LogP contribution in [-0.4, -0.2) is 23.3 Å². The molecule has 0 radical (unpaired) electrons. The number of hydrogen-bond acceptors (Lipinski definition) is 3. The monoisotopic (exact) mass is 247 g/mol. The van der Waals surface area contributed by atoms with Crippen LogP contribution in [0.1, 0.15) is 25.8 Å². The Morgan fingerprint density at radius 1 is 1.56 bits per heavy atom. The quantitative estimate of drug-likeness (QED) is 0.759. The Hall–Kier alpha value is -2.06. The molecular formula is C13H17N3O2. The lowest BCUT2D eigenvalue weighted by Crippen LogP contribution is -2.41. The number of benzene rings is 1. The first-order valence-corrected chi connectivity index (χ1v) is 5.74. The largest absolute Gasteiger partial charge is 0.388 e. The van der Waals surface area contributed by atoms with Crippen LogP contribution in [-0.2, 0) is 0 Å². The van der Waals surface area contributed by atoms with Gasteiger partial charge in [0.15, 0.2) is 0 Å². The fourth-order valence-corrected chi connectivity index (χ4v) is 1.24. The van der Waals surface area contributed by atoms with Crippen molar-refractivity contribution in [2.45, 2.75) is 25.9 Å². The summed E-state index contributed by atoms with van der Waals surface area (Å²) < 4.78 is 0. The lowest BCUT2D eigenvalue weighted by Gasteiger charge is -2.21. The Morgan fingerprint density at radius 3 is 2.89 bits per heavy atom. The third-order valence-electron chi connectivity index (χ3n) is 2.64. The van der Waals surface area contributed by atoms with Crippen LogP contribution in [0.3, 0.4) is 0 Å². The van der Waals surface area contributed by atoms with Gasteiger partial charge >= 0.3 is 6.03 Å². The van der Waals surface area contributed by atoms with Crippen LogP contribution >= 0.6 is 0 Å². The number of nitrogens with one attached hydrogen (secondary N) is 2. The maximum absolute atomic E-state index is 11.6. The molecular weight excluding hydrogens is 230 g/mol. The molecule has 0 saturated heterocycles. The van der Waals surface area contributed by atoms with Gasteiger partial charge in [-0.3, -0.25) is 0 Å². The van der Waals surface area contributed by atoms with Crippen molar-refractivity contribution in [2.24, 2.45) is 0 Å². The van der Waals surface area contributed by atoms with Gasteiger partial charge in [0.25, 0.3) is 0 Å². The summed E-state index contributed by atoms with van der Waals surface area (Å²) in [7, 11) is 0. The lowest BCUT2D eigenvalue weighted by atomic mass is 10.0. The van der Waals surface area contributed by atoms with E-state index in [1.54, 1.807) is 31.2 Å². The number of carbonyl (C=O) groups is 1. The Morgan fingerprint density at radius 2 is 2.28 bits per heavy atom. The topological polar surface area (TPSA) is 85.2 Å². The molecule has 0 aliphatic carbocycles. The summed E-state index contributed by atoms with van der Waals surface area (Å²) in [5, 5.41) is 23.6. The Labute approximate surface area is 106 Å². The third-order valence-corrected chi connectivity index (χ3v) is 2.64. The minimum absolute atomic E-state index is 0.174. The highest BCUT2D eigenvalue weighted by Gasteiger charge is 2.18. The molecule has 0 aliphatic rings. The zero-order valence-corrected chi connectivity index (χ0v) is 10.5. The molecule has 5 heteroatoms. The second kappa shape index (κ2) is 6.03. The van der Waals surface area contributed by atoms with Gasteiger partial charge in [-0.15, -0.1) is 0 Å². The van der Waals surface area contributed by atoms with Crippen molar-refractivity contribution in [2.75, 3.05) is 11.9 Å². The van der Waals surface area contributed by atoms with Gasteiger partial charge in [0, 0.05) is 12.2 Å². The summed E-state index contributed by atoms with van der Waals surface area (Å²) in [6.07, 6.45) is 0.553. The summed E-state index contributed by atoms with van der Waals surface area (Å²) >= 11 is 0. The molecule has 0 fully saturated rings. The van der Waals surface area contributed by atoms with Crippen molar-refractivity contribution in [3.8, 4) is 6.07 Å². The van der Waals surface area contributed by atoms with Crippen molar-refractivity contribution in [1.82, 2.24) is 5.32 Å². The van der Waals surface area contributed by atoms with Gasteiger partial charge in [-0.05, 0) is 31.5 Å². The molecule has 1 aromatic rings. The first-order valence-electron chi connectivity index (χ1n) is 5.74. The molecule has 0 aliphatic heterocycles. The molecule has 0 bridgehead atoms. The van der Waals surface area contributed by atoms with E-state index in [1.165, 1.54) is 0 Å². The Kier molecular flexibility index (Phi) is 4.69. The van der Waals surface area contributed by atoms with E-state index in [0.717, 1.165) is 0 Å². The number of nitriles is 1. The second-order valence-electron chi connectivity index (χ2n) is 4.35. The van der Waals surface area contributed by atoms with E-state index in [0.29, 0.717) is 17.7 Å². The number of anilines is 1. The van der Waals surface area contributed by atoms with E-state index in [9.17, 15) is 9.90 Å². The summed E-state index contributed by atoms with van der Waals surface area (Å²) in [4.78, 5) is 11.6. The maximum atomic E-state index is 11.6. The van der Waals surface area contributed by atoms with Gasteiger partial charge in [-0.1, -0.05) is 13.0 Å². The maximum Gasteiger partial charge on any atom is 0.319 e. The highest BCUT2D eigenvalue weighted by Crippen LogP contribution is 2.10. The van der Waals surface area contributed by atoms with Gasteiger partial charge in [0.2, 0.25) is 0 Å². The molecule has 2 amide bonds. The van der Waals surface area contributed by atoms with Crippen LogP contribution in [0.2, 0.25) is 0 Å². The molecule has 5 nitrogen and oxygen atoms in total. The number of rotatable bonds is 4. The van der Waals surface area contributed by atoms with Gasteiger partial charge in [-0.25, -0.2) is 4.79 Å². The van der Waals surface area contributed by atoms with E-state index in [1.807, 2.05) is 13.0 Å². The van der Waals surface area contributed by atoms with Gasteiger partial charge in [-0.2, -0.15) is 5.26 Å². The molecule has 1 atom stereocenters. The normalized spacial score (nSPS) is 13.2. The molecule has 0 heterocycles. The lowest BCUT2D eigenvalue weighted by molar-refractivity contribution is 0.0587. The van der Waals surface area contributed by atoms with Crippen LogP contribution in [0.15, 0.2) is 24.3 Å². The van der Waals surface area contributed by atoms with Gasteiger partial charge < -0.3 is 15.7 Å². The van der Waals surface area contributed by atoms with E-state index >= 15 is 0 Å². The predicted molar refractivity (Wildman–Crippen MR) is 69.1 cm³/mol. The Balaban J connectivity index is 2.52. The average Bonchev–Trinajstić information content (AvgIpc) is 2.37. The standard InChI is InChI=1S/C13H17N3O2/c1-3-13(2,18)9-15-12(17)16-11-6-4-5-10(7-11)8-14/h4-7,18H,3,9H2,1-2H3,(H2,15,16,17). The molecule has 1 aromatic carbocycles. The minimum atomic E-state index is -0.911. The number of urea groups is 1. The van der Waals surface area contributed by atoms with Crippen molar-refractivity contribution < 1.29 is 9.90 Å². The summed E-state index contributed by atoms with van der Waals surface area (Å²) in [5.41, 5.74) is 0.113. The van der Waals surface area contributed by atoms with Crippen LogP contribution in [0, 0.1) is 11.3 Å². The zero-order chi connectivity index (χ0) is 13.6. The summed E-state index contributed by atoms with van der Waals surface area (Å²) in [6, 6.07) is 8.21. The molecule has 3 N–H and O–H groups in total. The number of aliphatic hydroxyl groups is 1. The van der Waals surface area contributed by atoms with Crippen molar-refractivity contribution in [1.29, 1.82) is 5.26 Å². The Bertz CT molecular complexity index is 464. The van der Waals surface area contributed by atoms with E-state index < -0.39 is 11.6 Å². The number of hydrogen-bond donors (Lipinski definition) is 3. The summed E-state index contributed by atoms with van der Waals surface area (Å²) in [6.45, 7) is 3.67. The SMILES string of the molecule is CCC(C)(O)CNC(=O)Nc1cccc(C#N)c1. The average molecular weight is 247 g/mol. The highest BCUT2D eigenvalue weighted by molar-refractivity contribution is 5.89. The molecule has 0 aromatic heterocycles. The molecule has 1 rings (SSSR count). The molecule has 1 unspecified atom stereocenters. The summed E-state index contributed by atoms with van der Waals surface area (Å²) in [5.74, 6) is 0.